The topological polar surface area (TPSA) is 16.4 Å². The molecule has 2 heteroatoms. The largest absolute Gasteiger partial charge is 0.455 e. The molecule has 0 aliphatic carbocycles. The van der Waals surface area contributed by atoms with E-state index in [1.807, 2.05) is 0 Å². The maximum Gasteiger partial charge on any atom is 0.143 e. The van der Waals surface area contributed by atoms with E-state index >= 15 is 0 Å². The highest BCUT2D eigenvalue weighted by Crippen LogP contribution is 2.42. The monoisotopic (exact) mass is 663 g/mol. The van der Waals surface area contributed by atoms with Crippen molar-refractivity contribution in [3.8, 4) is 33.4 Å². The molecule has 0 unspecified atom stereocenters. The van der Waals surface area contributed by atoms with Crippen LogP contribution in [0.4, 0.5) is 17.1 Å². The number of hydrogen-bond donors (Lipinski definition) is 0. The minimum Gasteiger partial charge on any atom is -0.455 e. The van der Waals surface area contributed by atoms with E-state index in [0.29, 0.717) is 0 Å². The van der Waals surface area contributed by atoms with Crippen molar-refractivity contribution in [2.45, 2.75) is 0 Å². The highest BCUT2D eigenvalue weighted by atomic mass is 16.3. The van der Waals surface area contributed by atoms with Gasteiger partial charge in [0.1, 0.15) is 11.2 Å². The summed E-state index contributed by atoms with van der Waals surface area (Å²) in [4.78, 5) is 2.35. The Bertz CT molecular complexity index is 2890. The molecule has 0 spiro atoms. The molecule has 0 N–H and O–H groups in total. The number of nitrogens with zero attached hydrogens (tertiary/aromatic N) is 1. The lowest BCUT2D eigenvalue weighted by Gasteiger charge is -2.26. The number of rotatable bonds is 6. The van der Waals surface area contributed by atoms with Crippen LogP contribution in [-0.2, 0) is 0 Å². The van der Waals surface area contributed by atoms with E-state index in [4.69, 9.17) is 4.42 Å². The SMILES string of the molecule is c1ccc(-c2cccc(N(c3ccc(-c4ccc5ccccc5c4)cc3)c3ccc(-c4cccc5oc6c7ccccc7ccc6c45)cc3)c2)cc1. The Morgan fingerprint density at radius 2 is 0.923 bits per heavy atom. The molecule has 52 heavy (non-hydrogen) atoms. The van der Waals surface area contributed by atoms with Crippen LogP contribution in [0.5, 0.6) is 0 Å². The van der Waals surface area contributed by atoms with E-state index in [9.17, 15) is 0 Å². The van der Waals surface area contributed by atoms with Crippen molar-refractivity contribution in [2.24, 2.45) is 0 Å². The van der Waals surface area contributed by atoms with Gasteiger partial charge in [-0.1, -0.05) is 146 Å². The maximum atomic E-state index is 6.51. The van der Waals surface area contributed by atoms with Gasteiger partial charge in [-0.3, -0.25) is 0 Å². The van der Waals surface area contributed by atoms with Gasteiger partial charge in [0.25, 0.3) is 0 Å². The highest BCUT2D eigenvalue weighted by Gasteiger charge is 2.17. The van der Waals surface area contributed by atoms with Gasteiger partial charge in [0, 0.05) is 33.2 Å². The molecule has 0 aliphatic heterocycles. The van der Waals surface area contributed by atoms with Crippen molar-refractivity contribution in [1.82, 2.24) is 0 Å². The molecule has 0 saturated heterocycles. The van der Waals surface area contributed by atoms with Gasteiger partial charge in [-0.15, -0.1) is 0 Å². The lowest BCUT2D eigenvalue weighted by Crippen LogP contribution is -2.10. The van der Waals surface area contributed by atoms with Crippen molar-refractivity contribution >= 4 is 60.5 Å². The zero-order valence-electron chi connectivity index (χ0n) is 28.4. The van der Waals surface area contributed by atoms with Gasteiger partial charge >= 0.3 is 0 Å². The summed E-state index contributed by atoms with van der Waals surface area (Å²) in [6.07, 6.45) is 0. The maximum absolute atomic E-state index is 6.51. The van der Waals surface area contributed by atoms with Crippen LogP contribution in [0, 0.1) is 0 Å². The first-order valence-electron chi connectivity index (χ1n) is 17.8. The van der Waals surface area contributed by atoms with Gasteiger partial charge in [-0.05, 0) is 104 Å². The van der Waals surface area contributed by atoms with Crippen LogP contribution in [0.15, 0.2) is 205 Å². The second-order valence-electron chi connectivity index (χ2n) is 13.4. The molecule has 1 aromatic heterocycles. The Morgan fingerprint density at radius 1 is 0.327 bits per heavy atom. The molecule has 1 heterocycles. The van der Waals surface area contributed by atoms with Gasteiger partial charge in [0.2, 0.25) is 0 Å². The Morgan fingerprint density at radius 3 is 1.73 bits per heavy atom. The Kier molecular flexibility index (Phi) is 7.18. The molecule has 0 fully saturated rings. The van der Waals surface area contributed by atoms with Crippen LogP contribution >= 0.6 is 0 Å². The molecule has 0 saturated carbocycles. The molecule has 0 amide bonds. The van der Waals surface area contributed by atoms with E-state index in [2.05, 4.69) is 205 Å². The normalized spacial score (nSPS) is 11.5. The number of furan rings is 1. The second-order valence-corrected chi connectivity index (χ2v) is 13.4. The van der Waals surface area contributed by atoms with Crippen molar-refractivity contribution in [3.63, 3.8) is 0 Å². The third-order valence-electron chi connectivity index (χ3n) is 10.2. The second kappa shape index (κ2) is 12.5. The van der Waals surface area contributed by atoms with Crippen LogP contribution in [-0.4, -0.2) is 0 Å². The average Bonchev–Trinajstić information content (AvgIpc) is 3.62. The van der Waals surface area contributed by atoms with E-state index in [1.54, 1.807) is 0 Å². The highest BCUT2D eigenvalue weighted by molar-refractivity contribution is 6.19. The average molecular weight is 664 g/mol. The summed E-state index contributed by atoms with van der Waals surface area (Å²) in [6, 6.07) is 71.7. The van der Waals surface area contributed by atoms with Crippen LogP contribution in [0.1, 0.15) is 0 Å². The summed E-state index contributed by atoms with van der Waals surface area (Å²) in [7, 11) is 0. The number of hydrogen-bond acceptors (Lipinski definition) is 2. The van der Waals surface area contributed by atoms with Crippen molar-refractivity contribution in [1.29, 1.82) is 0 Å². The first-order valence-corrected chi connectivity index (χ1v) is 17.8. The number of anilines is 3. The minimum atomic E-state index is 0.902. The lowest BCUT2D eigenvalue weighted by molar-refractivity contribution is 0.673. The van der Waals surface area contributed by atoms with E-state index < -0.39 is 0 Å². The molecular weight excluding hydrogens is 631 g/mol. The predicted octanol–water partition coefficient (Wildman–Crippen LogP) is 14.4. The third kappa shape index (κ3) is 5.21. The van der Waals surface area contributed by atoms with E-state index in [-0.39, 0.29) is 0 Å². The summed E-state index contributed by atoms with van der Waals surface area (Å²) in [6.45, 7) is 0. The van der Waals surface area contributed by atoms with Crippen molar-refractivity contribution < 1.29 is 4.42 Å². The zero-order chi connectivity index (χ0) is 34.4. The van der Waals surface area contributed by atoms with E-state index in [1.165, 1.54) is 38.4 Å². The van der Waals surface area contributed by atoms with Gasteiger partial charge in [0.05, 0.1) is 0 Å². The van der Waals surface area contributed by atoms with Crippen LogP contribution < -0.4 is 4.90 Å². The van der Waals surface area contributed by atoms with Crippen LogP contribution in [0.2, 0.25) is 0 Å². The fourth-order valence-electron chi connectivity index (χ4n) is 7.66. The molecule has 9 aromatic carbocycles. The summed E-state index contributed by atoms with van der Waals surface area (Å²) >= 11 is 0. The fourth-order valence-corrected chi connectivity index (χ4v) is 7.66. The standard InChI is InChI=1S/C50H33NO/c1-2-10-34(11-3-1)40-15-8-16-44(33-40)51(42-27-22-36(23-28-42)41-21-20-35-12-4-5-14-39(35)32-41)43-29-24-38(25-30-43)45-18-9-19-48-49(45)47-31-26-37-13-6-7-17-46(37)50(47)52-48/h1-33H. The predicted molar refractivity (Wildman–Crippen MR) is 220 cm³/mol. The molecule has 0 atom stereocenters. The first kappa shape index (κ1) is 30.0. The summed E-state index contributed by atoms with van der Waals surface area (Å²) in [5.41, 5.74) is 12.2. The van der Waals surface area contributed by atoms with Gasteiger partial charge < -0.3 is 9.32 Å². The van der Waals surface area contributed by atoms with Gasteiger partial charge in [0.15, 0.2) is 0 Å². The molecule has 10 rings (SSSR count). The molecule has 2 nitrogen and oxygen atoms in total. The molecule has 0 radical (unpaired) electrons. The van der Waals surface area contributed by atoms with E-state index in [0.717, 1.165) is 55.5 Å². The van der Waals surface area contributed by atoms with Crippen LogP contribution in [0.25, 0.3) is 76.9 Å². The molecule has 0 bridgehead atoms. The number of benzene rings is 9. The fraction of sp³-hybridized carbons (Fsp3) is 0. The third-order valence-corrected chi connectivity index (χ3v) is 10.2. The summed E-state index contributed by atoms with van der Waals surface area (Å²) in [5.74, 6) is 0. The van der Waals surface area contributed by atoms with Crippen LogP contribution in [0.3, 0.4) is 0 Å². The summed E-state index contributed by atoms with van der Waals surface area (Å²) in [5, 5.41) is 7.10. The minimum absolute atomic E-state index is 0.902. The lowest BCUT2D eigenvalue weighted by atomic mass is 9.97. The zero-order valence-corrected chi connectivity index (χ0v) is 28.4. The van der Waals surface area contributed by atoms with Crippen molar-refractivity contribution in [2.75, 3.05) is 4.90 Å². The number of fused-ring (bicyclic) bond motifs is 6. The Labute approximate surface area is 302 Å². The van der Waals surface area contributed by atoms with Gasteiger partial charge in [-0.25, -0.2) is 0 Å². The molecule has 0 aliphatic rings. The Hall–Kier alpha value is -6.90. The van der Waals surface area contributed by atoms with Crippen molar-refractivity contribution in [3.05, 3.63) is 200 Å². The Balaban J connectivity index is 1.07. The molecule has 244 valence electrons. The molecule has 10 aromatic rings. The quantitative estimate of drug-likeness (QED) is 0.176. The first-order chi connectivity index (χ1) is 25.8. The smallest absolute Gasteiger partial charge is 0.143 e. The summed E-state index contributed by atoms with van der Waals surface area (Å²) < 4.78 is 6.51. The van der Waals surface area contributed by atoms with Gasteiger partial charge in [-0.2, -0.15) is 0 Å². The molecular formula is C50H33NO.